The lowest BCUT2D eigenvalue weighted by Crippen LogP contribution is -2.37. The number of carbonyl (C=O) groups is 2. The van der Waals surface area contributed by atoms with E-state index in [-0.39, 0.29) is 0 Å². The molecule has 0 aliphatic heterocycles. The molecule has 0 unspecified atom stereocenters. The summed E-state index contributed by atoms with van der Waals surface area (Å²) in [5.41, 5.74) is -1.18. The molecule has 0 aliphatic carbocycles. The zero-order chi connectivity index (χ0) is 17.9. The fourth-order valence-corrected chi connectivity index (χ4v) is 1.32. The van der Waals surface area contributed by atoms with Gasteiger partial charge >= 0.3 is 11.9 Å². The molecule has 0 amide bonds. The highest BCUT2D eigenvalue weighted by Gasteiger charge is 2.29. The average molecular weight is 328 g/mol. The molecular formula is C16H24O7. The Balaban J connectivity index is 0.000000438. The van der Waals surface area contributed by atoms with E-state index >= 15 is 0 Å². The highest BCUT2D eigenvalue weighted by atomic mass is 16.7. The van der Waals surface area contributed by atoms with E-state index in [1.54, 1.807) is 38.1 Å². The van der Waals surface area contributed by atoms with Gasteiger partial charge in [-0.25, -0.2) is 9.59 Å². The summed E-state index contributed by atoms with van der Waals surface area (Å²) in [7, 11) is 0. The van der Waals surface area contributed by atoms with Crippen LogP contribution in [0.15, 0.2) is 30.3 Å². The Bertz CT molecular complexity index is 465. The van der Waals surface area contributed by atoms with Crippen molar-refractivity contribution in [3.8, 4) is 5.75 Å². The second-order valence-corrected chi connectivity index (χ2v) is 4.81. The second-order valence-electron chi connectivity index (χ2n) is 4.81. The van der Waals surface area contributed by atoms with Gasteiger partial charge in [-0.05, 0) is 39.8 Å². The summed E-state index contributed by atoms with van der Waals surface area (Å²) in [6.07, 6.45) is -1.10. The van der Waals surface area contributed by atoms with Crippen molar-refractivity contribution in [2.24, 2.45) is 0 Å². The molecule has 0 bridgehead atoms. The van der Waals surface area contributed by atoms with E-state index < -0.39 is 23.8 Å². The topological polar surface area (TPSA) is 102 Å². The van der Waals surface area contributed by atoms with Crippen LogP contribution in [0.1, 0.15) is 27.7 Å². The number of hydrogen-bond donors (Lipinski definition) is 2. The third-order valence-electron chi connectivity index (χ3n) is 2.47. The third kappa shape index (κ3) is 8.80. The third-order valence-corrected chi connectivity index (χ3v) is 2.47. The predicted molar refractivity (Wildman–Crippen MR) is 83.5 cm³/mol. The monoisotopic (exact) mass is 328 g/mol. The normalized spacial score (nSPS) is 10.7. The van der Waals surface area contributed by atoms with Crippen LogP contribution in [-0.2, 0) is 19.1 Å². The molecular weight excluding hydrogens is 304 g/mol. The van der Waals surface area contributed by atoms with Crippen LogP contribution in [0.3, 0.4) is 0 Å². The Morgan fingerprint density at radius 3 is 1.87 bits per heavy atom. The van der Waals surface area contributed by atoms with E-state index in [9.17, 15) is 9.59 Å². The quantitative estimate of drug-likeness (QED) is 0.706. The van der Waals surface area contributed by atoms with Crippen molar-refractivity contribution in [2.75, 3.05) is 13.2 Å². The molecule has 0 aliphatic rings. The van der Waals surface area contributed by atoms with Crippen molar-refractivity contribution in [1.29, 1.82) is 0 Å². The lowest BCUT2D eigenvalue weighted by atomic mass is 10.1. The highest BCUT2D eigenvalue weighted by molar-refractivity contribution is 5.76. The van der Waals surface area contributed by atoms with Crippen molar-refractivity contribution in [2.45, 2.75) is 39.6 Å². The van der Waals surface area contributed by atoms with E-state index in [4.69, 9.17) is 24.4 Å². The molecule has 0 saturated carbocycles. The Kier molecular flexibility index (Phi) is 9.60. The van der Waals surface area contributed by atoms with Crippen LogP contribution in [0.25, 0.3) is 0 Å². The standard InChI is InChI=1S/C10H12O3.C6H12O4/c1-10(2,9(11)12)13-8-6-4-3-5-7-8;1-3-9-6(5(7)8)10-4-2/h3-7H,1-2H3,(H,11,12);6H,3-4H2,1-2H3,(H,7,8). The van der Waals surface area contributed by atoms with Crippen molar-refractivity contribution in [3.05, 3.63) is 30.3 Å². The highest BCUT2D eigenvalue weighted by Crippen LogP contribution is 2.17. The first-order valence-electron chi connectivity index (χ1n) is 7.18. The molecule has 0 spiro atoms. The molecule has 23 heavy (non-hydrogen) atoms. The van der Waals surface area contributed by atoms with Crippen LogP contribution in [0.4, 0.5) is 0 Å². The van der Waals surface area contributed by atoms with Gasteiger partial charge in [0.05, 0.1) is 0 Å². The van der Waals surface area contributed by atoms with Gasteiger partial charge in [0.25, 0.3) is 6.29 Å². The van der Waals surface area contributed by atoms with E-state index in [0.717, 1.165) is 0 Å². The summed E-state index contributed by atoms with van der Waals surface area (Å²) in [6.45, 7) is 7.16. The van der Waals surface area contributed by atoms with Crippen molar-refractivity contribution < 1.29 is 34.0 Å². The molecule has 2 N–H and O–H groups in total. The number of aliphatic carboxylic acids is 2. The van der Waals surface area contributed by atoms with Gasteiger partial charge in [0, 0.05) is 13.2 Å². The SMILES string of the molecule is CC(C)(Oc1ccccc1)C(=O)O.CCOC(OCC)C(=O)O. The van der Waals surface area contributed by atoms with Crippen LogP contribution in [0.2, 0.25) is 0 Å². The van der Waals surface area contributed by atoms with Gasteiger partial charge in [-0.15, -0.1) is 0 Å². The first-order valence-corrected chi connectivity index (χ1v) is 7.18. The predicted octanol–water partition coefficient (Wildman–Crippen LogP) is 2.40. The van der Waals surface area contributed by atoms with E-state index in [1.807, 2.05) is 6.07 Å². The largest absolute Gasteiger partial charge is 0.478 e. The summed E-state index contributed by atoms with van der Waals surface area (Å²) < 4.78 is 14.7. The van der Waals surface area contributed by atoms with Gasteiger partial charge in [0.15, 0.2) is 5.60 Å². The van der Waals surface area contributed by atoms with Gasteiger partial charge in [0.1, 0.15) is 5.75 Å². The number of benzene rings is 1. The fourth-order valence-electron chi connectivity index (χ4n) is 1.32. The molecule has 1 aromatic carbocycles. The summed E-state index contributed by atoms with van der Waals surface area (Å²) in [5, 5.41) is 17.2. The van der Waals surface area contributed by atoms with Crippen LogP contribution in [-0.4, -0.2) is 47.3 Å². The van der Waals surface area contributed by atoms with Crippen LogP contribution < -0.4 is 4.74 Å². The molecule has 1 rings (SSSR count). The summed E-state index contributed by atoms with van der Waals surface area (Å²) in [4.78, 5) is 20.9. The van der Waals surface area contributed by atoms with Gasteiger partial charge in [-0.2, -0.15) is 0 Å². The lowest BCUT2D eigenvalue weighted by Gasteiger charge is -2.21. The maximum atomic E-state index is 10.7. The van der Waals surface area contributed by atoms with Gasteiger partial charge < -0.3 is 24.4 Å². The molecule has 0 saturated heterocycles. The van der Waals surface area contributed by atoms with Gasteiger partial charge in [0.2, 0.25) is 0 Å². The van der Waals surface area contributed by atoms with Crippen LogP contribution >= 0.6 is 0 Å². The van der Waals surface area contributed by atoms with Crippen molar-refractivity contribution in [3.63, 3.8) is 0 Å². The lowest BCUT2D eigenvalue weighted by molar-refractivity contribution is -0.187. The zero-order valence-electron chi connectivity index (χ0n) is 13.8. The summed E-state index contributed by atoms with van der Waals surface area (Å²) >= 11 is 0. The molecule has 0 radical (unpaired) electrons. The molecule has 0 heterocycles. The molecule has 7 heteroatoms. The Morgan fingerprint density at radius 2 is 1.52 bits per heavy atom. The van der Waals surface area contributed by atoms with E-state index in [1.165, 1.54) is 13.8 Å². The molecule has 0 atom stereocenters. The molecule has 0 fully saturated rings. The fraction of sp³-hybridized carbons (Fsp3) is 0.500. The second kappa shape index (κ2) is 10.6. The number of hydrogen-bond acceptors (Lipinski definition) is 5. The van der Waals surface area contributed by atoms with E-state index in [0.29, 0.717) is 19.0 Å². The number of carboxylic acids is 2. The molecule has 1 aromatic rings. The molecule has 130 valence electrons. The van der Waals surface area contributed by atoms with Crippen LogP contribution in [0.5, 0.6) is 5.75 Å². The minimum atomic E-state index is -1.18. The Hall–Kier alpha value is -2.12. The zero-order valence-corrected chi connectivity index (χ0v) is 13.8. The first kappa shape index (κ1) is 20.9. The minimum Gasteiger partial charge on any atom is -0.478 e. The van der Waals surface area contributed by atoms with E-state index in [2.05, 4.69) is 0 Å². The van der Waals surface area contributed by atoms with Gasteiger partial charge in [-0.1, -0.05) is 18.2 Å². The first-order chi connectivity index (χ1) is 10.7. The maximum Gasteiger partial charge on any atom is 0.361 e. The Labute approximate surface area is 135 Å². The molecule has 0 aromatic heterocycles. The smallest absolute Gasteiger partial charge is 0.361 e. The van der Waals surface area contributed by atoms with Gasteiger partial charge in [-0.3, -0.25) is 0 Å². The molecule has 7 nitrogen and oxygen atoms in total. The Morgan fingerprint density at radius 1 is 1.04 bits per heavy atom. The number of ether oxygens (including phenoxy) is 3. The summed E-state index contributed by atoms with van der Waals surface area (Å²) in [6, 6.07) is 8.90. The maximum absolute atomic E-state index is 10.7. The average Bonchev–Trinajstić information content (AvgIpc) is 2.48. The number of para-hydroxylation sites is 1. The number of rotatable bonds is 8. The van der Waals surface area contributed by atoms with Crippen molar-refractivity contribution >= 4 is 11.9 Å². The van der Waals surface area contributed by atoms with Crippen molar-refractivity contribution in [1.82, 2.24) is 0 Å². The minimum absolute atomic E-state index is 0.344. The van der Waals surface area contributed by atoms with Crippen LogP contribution in [0, 0.1) is 0 Å². The summed E-state index contributed by atoms with van der Waals surface area (Å²) in [5.74, 6) is -1.49. The number of carboxylic acid groups (broad SMARTS) is 2.